The summed E-state index contributed by atoms with van der Waals surface area (Å²) in [6.07, 6.45) is 0. The number of hydrogen-bond acceptors (Lipinski definition) is 1. The lowest BCUT2D eigenvalue weighted by molar-refractivity contribution is 1.79. The van der Waals surface area contributed by atoms with E-state index in [9.17, 15) is 0 Å². The summed E-state index contributed by atoms with van der Waals surface area (Å²) < 4.78 is 1.36. The van der Waals surface area contributed by atoms with Crippen molar-refractivity contribution in [2.24, 2.45) is 0 Å². The molecule has 0 nitrogen and oxygen atoms in total. The quantitative estimate of drug-likeness (QED) is 0.290. The second-order valence-electron chi connectivity index (χ2n) is 5.56. The highest BCUT2D eigenvalue weighted by molar-refractivity contribution is 7.17. The average molecular weight is 284 g/mol. The maximum absolute atomic E-state index is 2.32. The topological polar surface area (TPSA) is 0 Å². The summed E-state index contributed by atoms with van der Waals surface area (Å²) in [5, 5.41) is 11.4. The van der Waals surface area contributed by atoms with Crippen LogP contribution in [0.1, 0.15) is 0 Å². The fourth-order valence-electron chi connectivity index (χ4n) is 3.15. The molecule has 0 saturated carbocycles. The Bertz CT molecular complexity index is 1040. The maximum atomic E-state index is 2.32. The number of fused-ring (bicyclic) bond motifs is 4. The Balaban J connectivity index is 1.95. The highest BCUT2D eigenvalue weighted by Gasteiger charge is 2.03. The van der Waals surface area contributed by atoms with Crippen molar-refractivity contribution in [1.29, 1.82) is 0 Å². The van der Waals surface area contributed by atoms with Crippen molar-refractivity contribution >= 4 is 53.7 Å². The molecule has 0 saturated heterocycles. The number of benzene rings is 4. The van der Waals surface area contributed by atoms with Crippen molar-refractivity contribution in [2.45, 2.75) is 0 Å². The molecule has 98 valence electrons. The first-order valence-electron chi connectivity index (χ1n) is 7.10. The van der Waals surface area contributed by atoms with Gasteiger partial charge in [0.25, 0.3) is 0 Å². The van der Waals surface area contributed by atoms with Gasteiger partial charge in [-0.15, -0.1) is 11.3 Å². The first kappa shape index (κ1) is 11.3. The van der Waals surface area contributed by atoms with E-state index in [0.29, 0.717) is 0 Å². The zero-order valence-electron chi connectivity index (χ0n) is 11.3. The Kier molecular flexibility index (Phi) is 2.18. The molecule has 0 unspecified atom stereocenters. The SMILES string of the molecule is c1ccc2cc3cc4cc5sccc5cc4cc3cc2c1. The molecule has 0 N–H and O–H groups in total. The molecular formula is C20H12S. The van der Waals surface area contributed by atoms with Crippen LogP contribution in [0.4, 0.5) is 0 Å². The fraction of sp³-hybridized carbons (Fsp3) is 0. The average Bonchev–Trinajstić information content (AvgIpc) is 2.95. The standard InChI is InChI=1S/C20H12S/c1-2-4-14-8-17-11-19-12-20-15(5-6-21-20)9-18(19)10-16(17)7-13(14)3-1/h1-12H. The summed E-state index contributed by atoms with van der Waals surface area (Å²) >= 11 is 1.81. The third-order valence-corrected chi connectivity index (χ3v) is 5.11. The van der Waals surface area contributed by atoms with Crippen LogP contribution in [0.2, 0.25) is 0 Å². The highest BCUT2D eigenvalue weighted by Crippen LogP contribution is 2.31. The van der Waals surface area contributed by atoms with Gasteiger partial charge < -0.3 is 0 Å². The Morgan fingerprint density at radius 3 is 1.67 bits per heavy atom. The van der Waals surface area contributed by atoms with Gasteiger partial charge in [0.05, 0.1) is 0 Å². The first-order chi connectivity index (χ1) is 10.4. The van der Waals surface area contributed by atoms with Crippen LogP contribution in [0, 0.1) is 0 Å². The summed E-state index contributed by atoms with van der Waals surface area (Å²) in [4.78, 5) is 0. The normalized spacial score (nSPS) is 11.8. The van der Waals surface area contributed by atoms with Crippen molar-refractivity contribution in [1.82, 2.24) is 0 Å². The minimum Gasteiger partial charge on any atom is -0.144 e. The lowest BCUT2D eigenvalue weighted by Crippen LogP contribution is -1.78. The molecule has 0 fully saturated rings. The van der Waals surface area contributed by atoms with Crippen LogP contribution in [-0.4, -0.2) is 0 Å². The molecule has 1 heterocycles. The van der Waals surface area contributed by atoms with Crippen molar-refractivity contribution < 1.29 is 0 Å². The van der Waals surface area contributed by atoms with Gasteiger partial charge in [-0.05, 0) is 85.5 Å². The van der Waals surface area contributed by atoms with E-state index >= 15 is 0 Å². The molecule has 5 aromatic rings. The van der Waals surface area contributed by atoms with E-state index in [1.165, 1.54) is 42.4 Å². The summed E-state index contributed by atoms with van der Waals surface area (Å²) in [5.41, 5.74) is 0. The molecule has 5 rings (SSSR count). The van der Waals surface area contributed by atoms with Crippen LogP contribution < -0.4 is 0 Å². The van der Waals surface area contributed by atoms with Gasteiger partial charge in [-0.3, -0.25) is 0 Å². The van der Waals surface area contributed by atoms with E-state index in [1.54, 1.807) is 0 Å². The van der Waals surface area contributed by atoms with Crippen molar-refractivity contribution in [3.8, 4) is 0 Å². The molecule has 0 aliphatic heterocycles. The van der Waals surface area contributed by atoms with Gasteiger partial charge in [0.1, 0.15) is 0 Å². The van der Waals surface area contributed by atoms with E-state index in [0.717, 1.165) is 0 Å². The van der Waals surface area contributed by atoms with Crippen LogP contribution >= 0.6 is 11.3 Å². The summed E-state index contributed by atoms with van der Waals surface area (Å²) in [5.74, 6) is 0. The van der Waals surface area contributed by atoms with Crippen LogP contribution in [0.15, 0.2) is 72.1 Å². The van der Waals surface area contributed by atoms with Crippen molar-refractivity contribution in [3.05, 3.63) is 72.1 Å². The maximum Gasteiger partial charge on any atom is 0.0349 e. The van der Waals surface area contributed by atoms with E-state index in [1.807, 2.05) is 11.3 Å². The van der Waals surface area contributed by atoms with Gasteiger partial charge in [-0.25, -0.2) is 0 Å². The van der Waals surface area contributed by atoms with Crippen LogP contribution in [0.3, 0.4) is 0 Å². The Morgan fingerprint density at radius 2 is 1.00 bits per heavy atom. The van der Waals surface area contributed by atoms with E-state index in [2.05, 4.69) is 72.1 Å². The molecule has 0 aliphatic carbocycles. The molecule has 0 spiro atoms. The van der Waals surface area contributed by atoms with Gasteiger partial charge in [0, 0.05) is 4.70 Å². The smallest absolute Gasteiger partial charge is 0.0349 e. The first-order valence-corrected chi connectivity index (χ1v) is 7.98. The number of hydrogen-bond donors (Lipinski definition) is 0. The minimum absolute atomic E-state index is 1.31. The van der Waals surface area contributed by atoms with E-state index in [4.69, 9.17) is 0 Å². The van der Waals surface area contributed by atoms with Gasteiger partial charge in [-0.1, -0.05) is 24.3 Å². The second kappa shape index (κ2) is 4.06. The molecule has 1 heteroatoms. The molecule has 4 aromatic carbocycles. The van der Waals surface area contributed by atoms with Gasteiger partial charge in [-0.2, -0.15) is 0 Å². The van der Waals surface area contributed by atoms with Crippen LogP contribution in [-0.2, 0) is 0 Å². The van der Waals surface area contributed by atoms with E-state index in [-0.39, 0.29) is 0 Å². The molecule has 0 amide bonds. The monoisotopic (exact) mass is 284 g/mol. The van der Waals surface area contributed by atoms with Gasteiger partial charge in [0.15, 0.2) is 0 Å². The summed E-state index contributed by atoms with van der Waals surface area (Å²) in [6, 6.07) is 24.6. The predicted octanol–water partition coefficient (Wildman–Crippen LogP) is 6.36. The molecular weight excluding hydrogens is 272 g/mol. The lowest BCUT2D eigenvalue weighted by atomic mass is 9.99. The molecule has 1 aromatic heterocycles. The molecule has 0 bridgehead atoms. The summed E-state index contributed by atoms with van der Waals surface area (Å²) in [7, 11) is 0. The zero-order valence-corrected chi connectivity index (χ0v) is 12.2. The number of rotatable bonds is 0. The Labute approximate surface area is 126 Å². The van der Waals surface area contributed by atoms with Crippen molar-refractivity contribution in [3.63, 3.8) is 0 Å². The highest BCUT2D eigenvalue weighted by atomic mass is 32.1. The fourth-order valence-corrected chi connectivity index (χ4v) is 3.97. The van der Waals surface area contributed by atoms with Crippen molar-refractivity contribution in [2.75, 3.05) is 0 Å². The van der Waals surface area contributed by atoms with E-state index < -0.39 is 0 Å². The second-order valence-corrected chi connectivity index (χ2v) is 6.50. The Morgan fingerprint density at radius 1 is 0.476 bits per heavy atom. The van der Waals surface area contributed by atoms with Crippen LogP contribution in [0.25, 0.3) is 42.4 Å². The molecule has 0 aliphatic rings. The van der Waals surface area contributed by atoms with Gasteiger partial charge >= 0.3 is 0 Å². The number of thiophene rings is 1. The summed E-state index contributed by atoms with van der Waals surface area (Å²) in [6.45, 7) is 0. The third kappa shape index (κ3) is 1.68. The zero-order chi connectivity index (χ0) is 13.8. The Hall–Kier alpha value is -2.38. The third-order valence-electron chi connectivity index (χ3n) is 4.23. The lowest BCUT2D eigenvalue weighted by Gasteiger charge is -2.05. The molecule has 0 atom stereocenters. The predicted molar refractivity (Wildman–Crippen MR) is 94.3 cm³/mol. The minimum atomic E-state index is 1.31. The van der Waals surface area contributed by atoms with Crippen LogP contribution in [0.5, 0.6) is 0 Å². The molecule has 21 heavy (non-hydrogen) atoms. The molecule has 0 radical (unpaired) electrons. The van der Waals surface area contributed by atoms with Gasteiger partial charge in [0.2, 0.25) is 0 Å². The largest absolute Gasteiger partial charge is 0.144 e.